The number of nitrogens with one attached hydrogen (secondary N) is 1. The molecule has 4 aromatic rings. The van der Waals surface area contributed by atoms with Crippen molar-refractivity contribution in [2.45, 2.75) is 0 Å². The van der Waals surface area contributed by atoms with Crippen LogP contribution < -0.4 is 32.5 Å². The molecule has 0 aromatic heterocycles. The van der Waals surface area contributed by atoms with Crippen LogP contribution in [0.25, 0.3) is 0 Å². The van der Waals surface area contributed by atoms with Gasteiger partial charge in [-0.15, -0.1) is 0 Å². The van der Waals surface area contributed by atoms with Crippen LogP contribution in [0.3, 0.4) is 0 Å². The monoisotopic (exact) mass is 392 g/mol. The lowest BCUT2D eigenvalue weighted by molar-refractivity contribution is -0.636. The fourth-order valence-corrected chi connectivity index (χ4v) is 4.63. The summed E-state index contributed by atoms with van der Waals surface area (Å²) < 4.78 is 0. The SMILES string of the molecule is C1C[NH2+]CN1.c1ccc([B-](c2ccccc2)(c2ccccc2)c2ccccc2)cc1. The third-order valence-electron chi connectivity index (χ3n) is 6.01. The lowest BCUT2D eigenvalue weighted by Crippen LogP contribution is -2.82. The first kappa shape index (κ1) is 20.2. The molecule has 0 unspecified atom stereocenters. The predicted molar refractivity (Wildman–Crippen MR) is 130 cm³/mol. The zero-order valence-corrected chi connectivity index (χ0v) is 17.3. The number of nitrogens with two attached hydrogens (primary N) is 1. The number of quaternary nitrogens is 1. The largest absolute Gasteiger partial charge is 0.333 e. The highest BCUT2D eigenvalue weighted by Gasteiger charge is 2.30. The van der Waals surface area contributed by atoms with Gasteiger partial charge in [0.1, 0.15) is 12.8 Å². The van der Waals surface area contributed by atoms with E-state index in [9.17, 15) is 0 Å². The Morgan fingerprint density at radius 3 is 1.03 bits per heavy atom. The van der Waals surface area contributed by atoms with Gasteiger partial charge in [0.25, 0.3) is 0 Å². The Kier molecular flexibility index (Phi) is 6.76. The number of hydrogen-bond acceptors (Lipinski definition) is 1. The van der Waals surface area contributed by atoms with Crippen molar-refractivity contribution in [2.75, 3.05) is 19.8 Å². The quantitative estimate of drug-likeness (QED) is 0.502. The first-order valence-electron chi connectivity index (χ1n) is 10.8. The van der Waals surface area contributed by atoms with E-state index in [0.717, 1.165) is 6.67 Å². The first-order valence-corrected chi connectivity index (χ1v) is 10.8. The molecule has 0 aliphatic carbocycles. The molecule has 1 aliphatic rings. The van der Waals surface area contributed by atoms with Gasteiger partial charge in [0, 0.05) is 6.54 Å². The van der Waals surface area contributed by atoms with Crippen LogP contribution in [0.15, 0.2) is 121 Å². The van der Waals surface area contributed by atoms with Crippen LogP contribution >= 0.6 is 0 Å². The summed E-state index contributed by atoms with van der Waals surface area (Å²) in [5, 5.41) is 5.42. The van der Waals surface area contributed by atoms with Crippen LogP contribution in [0.4, 0.5) is 0 Å². The van der Waals surface area contributed by atoms with Crippen LogP contribution in [0.1, 0.15) is 0 Å². The molecule has 0 radical (unpaired) electrons. The second kappa shape index (κ2) is 10.1. The smallest absolute Gasteiger partial charge is 0.129 e. The molecule has 150 valence electrons. The summed E-state index contributed by atoms with van der Waals surface area (Å²) in [7, 11) is 0. The summed E-state index contributed by atoms with van der Waals surface area (Å²) in [6, 6.07) is 43.5. The van der Waals surface area contributed by atoms with Crippen molar-refractivity contribution >= 4 is 28.0 Å². The van der Waals surface area contributed by atoms with E-state index in [1.807, 2.05) is 0 Å². The molecule has 4 aromatic carbocycles. The van der Waals surface area contributed by atoms with Gasteiger partial charge in [-0.1, -0.05) is 121 Å². The summed E-state index contributed by atoms with van der Waals surface area (Å²) in [5.74, 6) is 0. The van der Waals surface area contributed by atoms with E-state index in [0.29, 0.717) is 0 Å². The van der Waals surface area contributed by atoms with Crippen molar-refractivity contribution in [1.29, 1.82) is 0 Å². The summed E-state index contributed by atoms with van der Waals surface area (Å²) in [6.07, 6.45) is -1.22. The van der Waals surface area contributed by atoms with Gasteiger partial charge in [0.15, 0.2) is 0 Å². The van der Waals surface area contributed by atoms with Crippen LogP contribution in [0.5, 0.6) is 0 Å². The molecule has 1 heterocycles. The highest BCUT2D eigenvalue weighted by Crippen LogP contribution is 2.09. The predicted octanol–water partition coefficient (Wildman–Crippen LogP) is 1.17. The van der Waals surface area contributed by atoms with E-state index >= 15 is 0 Å². The molecule has 1 saturated heterocycles. The average molecular weight is 392 g/mol. The minimum absolute atomic E-state index is 1.12. The highest BCUT2D eigenvalue weighted by atomic mass is 15.1. The zero-order valence-electron chi connectivity index (χ0n) is 17.3. The molecule has 3 heteroatoms. The van der Waals surface area contributed by atoms with E-state index in [-0.39, 0.29) is 0 Å². The highest BCUT2D eigenvalue weighted by molar-refractivity contribution is 7.19. The van der Waals surface area contributed by atoms with Crippen molar-refractivity contribution in [2.24, 2.45) is 0 Å². The van der Waals surface area contributed by atoms with E-state index < -0.39 is 6.15 Å². The Balaban J connectivity index is 0.000000383. The van der Waals surface area contributed by atoms with Gasteiger partial charge in [-0.05, 0) is 0 Å². The van der Waals surface area contributed by atoms with Crippen molar-refractivity contribution in [3.63, 3.8) is 0 Å². The second-order valence-corrected chi connectivity index (χ2v) is 7.79. The van der Waals surface area contributed by atoms with Gasteiger partial charge in [0.2, 0.25) is 0 Å². The topological polar surface area (TPSA) is 28.6 Å². The molecule has 30 heavy (non-hydrogen) atoms. The molecule has 0 saturated carbocycles. The molecule has 0 amide bonds. The minimum atomic E-state index is -1.22. The average Bonchev–Trinajstić information content (AvgIpc) is 3.43. The summed E-state index contributed by atoms with van der Waals surface area (Å²) in [5.41, 5.74) is 5.36. The third kappa shape index (κ3) is 4.23. The van der Waals surface area contributed by atoms with Gasteiger partial charge < -0.3 is 5.32 Å². The third-order valence-corrected chi connectivity index (χ3v) is 6.01. The van der Waals surface area contributed by atoms with Gasteiger partial charge >= 0.3 is 0 Å². The minimum Gasteiger partial charge on any atom is -0.333 e. The molecule has 5 rings (SSSR count). The van der Waals surface area contributed by atoms with E-state index in [1.165, 1.54) is 34.9 Å². The Bertz CT molecular complexity index is 831. The van der Waals surface area contributed by atoms with Gasteiger partial charge in [-0.25, -0.2) is 0 Å². The van der Waals surface area contributed by atoms with Gasteiger partial charge in [-0.3, -0.25) is 5.32 Å². The fourth-order valence-electron chi connectivity index (χ4n) is 4.63. The maximum atomic E-state index is 3.17. The Labute approximate surface area is 179 Å². The number of benzene rings is 4. The molecule has 0 spiro atoms. The van der Waals surface area contributed by atoms with Crippen molar-refractivity contribution in [1.82, 2.24) is 5.32 Å². The van der Waals surface area contributed by atoms with Gasteiger partial charge in [0.05, 0.1) is 6.54 Å². The Morgan fingerprint density at radius 2 is 0.833 bits per heavy atom. The van der Waals surface area contributed by atoms with Crippen LogP contribution in [-0.4, -0.2) is 25.9 Å². The van der Waals surface area contributed by atoms with Crippen molar-refractivity contribution in [3.05, 3.63) is 121 Å². The molecule has 0 bridgehead atoms. The molecule has 2 nitrogen and oxygen atoms in total. The lowest BCUT2D eigenvalue weighted by atomic mass is 9.13. The molecule has 3 N–H and O–H groups in total. The molecule has 0 atom stereocenters. The standard InChI is InChI=1S/C24H20B.C3H8N2/c1-5-13-21(14-6-1)25(22-15-7-2-8-16-22,23-17-9-3-10-18-23)24-19-11-4-12-20-24;1-2-5-3-4-1/h1-20H;4-5H,1-3H2/q-1;/p+1. The summed E-state index contributed by atoms with van der Waals surface area (Å²) in [6.45, 7) is 3.58. The lowest BCUT2D eigenvalue weighted by Gasteiger charge is -2.44. The normalized spacial score (nSPS) is 13.3. The second-order valence-electron chi connectivity index (χ2n) is 7.79. The number of hydrogen-bond donors (Lipinski definition) is 2. The summed E-state index contributed by atoms with van der Waals surface area (Å²) >= 11 is 0. The first-order chi connectivity index (χ1) is 14.9. The fraction of sp³-hybridized carbons (Fsp3) is 0.111. The number of rotatable bonds is 4. The van der Waals surface area contributed by atoms with Crippen LogP contribution in [0.2, 0.25) is 0 Å². The molecular weight excluding hydrogens is 363 g/mol. The van der Waals surface area contributed by atoms with E-state index in [2.05, 4.69) is 132 Å². The van der Waals surface area contributed by atoms with Crippen LogP contribution in [-0.2, 0) is 0 Å². The Morgan fingerprint density at radius 1 is 0.500 bits per heavy atom. The molecule has 1 aliphatic heterocycles. The van der Waals surface area contributed by atoms with E-state index in [4.69, 9.17) is 0 Å². The van der Waals surface area contributed by atoms with Crippen LogP contribution in [0, 0.1) is 0 Å². The molecule has 1 fully saturated rings. The maximum absolute atomic E-state index is 3.17. The zero-order chi connectivity index (χ0) is 20.5. The van der Waals surface area contributed by atoms with Crippen molar-refractivity contribution in [3.8, 4) is 0 Å². The molecular formula is C27H29BN2. The van der Waals surface area contributed by atoms with Crippen molar-refractivity contribution < 1.29 is 5.32 Å². The maximum Gasteiger partial charge on any atom is 0.129 e. The van der Waals surface area contributed by atoms with Gasteiger partial charge in [-0.2, -0.15) is 21.9 Å². The summed E-state index contributed by atoms with van der Waals surface area (Å²) in [4.78, 5) is 0. The van der Waals surface area contributed by atoms with E-state index in [1.54, 1.807) is 0 Å². The Hall–Kier alpha value is -3.14.